The molecule has 1 unspecified atom stereocenters. The number of nitrogen functional groups attached to an aromatic ring is 1. The number of aromatic nitrogens is 2. The van der Waals surface area contributed by atoms with Gasteiger partial charge in [-0.3, -0.25) is 0 Å². The average molecular weight is 282 g/mol. The second-order valence-electron chi connectivity index (χ2n) is 5.22. The summed E-state index contributed by atoms with van der Waals surface area (Å²) in [6.45, 7) is 4.06. The molecule has 0 amide bonds. The Morgan fingerprint density at radius 3 is 2.95 bits per heavy atom. The van der Waals surface area contributed by atoms with Gasteiger partial charge in [-0.05, 0) is 18.8 Å². The van der Waals surface area contributed by atoms with Gasteiger partial charge in [0.25, 0.3) is 0 Å². The minimum Gasteiger partial charge on any atom is -0.465 e. The molecule has 20 heavy (non-hydrogen) atoms. The van der Waals surface area contributed by atoms with Gasteiger partial charge in [0.1, 0.15) is 11.4 Å². The van der Waals surface area contributed by atoms with Crippen LogP contribution in [0.5, 0.6) is 0 Å². The van der Waals surface area contributed by atoms with E-state index < -0.39 is 5.97 Å². The summed E-state index contributed by atoms with van der Waals surface area (Å²) in [5.41, 5.74) is 6.27. The van der Waals surface area contributed by atoms with Gasteiger partial charge in [-0.25, -0.2) is 9.48 Å². The van der Waals surface area contributed by atoms with Gasteiger partial charge in [0, 0.05) is 13.1 Å². The molecule has 1 saturated heterocycles. The number of carbonyl (C=O) groups excluding carboxylic acids is 1. The van der Waals surface area contributed by atoms with Gasteiger partial charge in [0.05, 0.1) is 20.3 Å². The lowest BCUT2D eigenvalue weighted by Crippen LogP contribution is -2.35. The van der Waals surface area contributed by atoms with Crippen molar-refractivity contribution in [1.82, 2.24) is 9.78 Å². The first-order chi connectivity index (χ1) is 9.58. The predicted molar refractivity (Wildman–Crippen MR) is 75.7 cm³/mol. The molecule has 0 spiro atoms. The normalized spacial score (nSPS) is 19.1. The first kappa shape index (κ1) is 14.6. The lowest BCUT2D eigenvalue weighted by Gasteiger charge is -2.31. The molecule has 7 nitrogen and oxygen atoms in total. The standard InChI is InChI=1S/C13H22N4O3/c1-9-4-3-5-16(8-9)12-10(13(19)20-2)11(14)17(15-12)6-7-18/h9,18H,3-8,14H2,1-2H3. The molecule has 2 rings (SSSR count). The van der Waals surface area contributed by atoms with Crippen molar-refractivity contribution < 1.29 is 14.6 Å². The molecule has 0 bridgehead atoms. The Morgan fingerprint density at radius 1 is 1.60 bits per heavy atom. The number of anilines is 2. The molecule has 3 N–H and O–H groups in total. The van der Waals surface area contributed by atoms with Crippen molar-refractivity contribution in [3.05, 3.63) is 5.56 Å². The summed E-state index contributed by atoms with van der Waals surface area (Å²) in [5, 5.41) is 13.4. The van der Waals surface area contributed by atoms with E-state index in [9.17, 15) is 4.79 Å². The fourth-order valence-corrected chi connectivity index (χ4v) is 2.63. The molecular weight excluding hydrogens is 260 g/mol. The molecule has 0 radical (unpaired) electrons. The van der Waals surface area contributed by atoms with Crippen LogP contribution in [0.2, 0.25) is 0 Å². The molecule has 0 aliphatic carbocycles. The van der Waals surface area contributed by atoms with Crippen LogP contribution in [-0.2, 0) is 11.3 Å². The smallest absolute Gasteiger partial charge is 0.345 e. The third-order valence-corrected chi connectivity index (χ3v) is 3.63. The second kappa shape index (κ2) is 6.13. The molecule has 7 heteroatoms. The average Bonchev–Trinajstić information content (AvgIpc) is 2.76. The molecule has 0 saturated carbocycles. The number of methoxy groups -OCH3 is 1. The molecule has 1 aromatic rings. The summed E-state index contributed by atoms with van der Waals surface area (Å²) in [6.07, 6.45) is 2.24. The van der Waals surface area contributed by atoms with E-state index in [0.717, 1.165) is 19.5 Å². The van der Waals surface area contributed by atoms with E-state index in [0.29, 0.717) is 17.3 Å². The van der Waals surface area contributed by atoms with E-state index in [1.165, 1.54) is 18.2 Å². The highest BCUT2D eigenvalue weighted by Crippen LogP contribution is 2.29. The minimum absolute atomic E-state index is 0.0810. The zero-order valence-corrected chi connectivity index (χ0v) is 12.0. The van der Waals surface area contributed by atoms with Gasteiger partial charge in [-0.15, -0.1) is 0 Å². The Morgan fingerprint density at radius 2 is 2.35 bits per heavy atom. The lowest BCUT2D eigenvalue weighted by molar-refractivity contribution is 0.0602. The van der Waals surface area contributed by atoms with E-state index in [1.807, 2.05) is 0 Å². The molecule has 1 aliphatic heterocycles. The van der Waals surface area contributed by atoms with Crippen molar-refractivity contribution in [3.63, 3.8) is 0 Å². The van der Waals surface area contributed by atoms with Crippen molar-refractivity contribution in [2.75, 3.05) is 37.4 Å². The predicted octanol–water partition coefficient (Wildman–Crippen LogP) is 0.481. The van der Waals surface area contributed by atoms with Gasteiger partial charge < -0.3 is 20.5 Å². The number of piperidine rings is 1. The quantitative estimate of drug-likeness (QED) is 0.780. The maximum atomic E-state index is 12.0. The monoisotopic (exact) mass is 282 g/mol. The zero-order valence-electron chi connectivity index (χ0n) is 12.0. The number of hydrogen-bond donors (Lipinski definition) is 2. The maximum Gasteiger partial charge on any atom is 0.345 e. The third-order valence-electron chi connectivity index (χ3n) is 3.63. The summed E-state index contributed by atoms with van der Waals surface area (Å²) < 4.78 is 6.26. The number of rotatable bonds is 4. The molecule has 1 aromatic heterocycles. The van der Waals surface area contributed by atoms with Crippen molar-refractivity contribution in [2.45, 2.75) is 26.3 Å². The van der Waals surface area contributed by atoms with E-state index in [2.05, 4.69) is 16.9 Å². The summed E-state index contributed by atoms with van der Waals surface area (Å²) in [4.78, 5) is 14.0. The van der Waals surface area contributed by atoms with Crippen LogP contribution in [-0.4, -0.2) is 47.7 Å². The van der Waals surface area contributed by atoms with Gasteiger partial charge in [0.2, 0.25) is 0 Å². The molecule has 112 valence electrons. The van der Waals surface area contributed by atoms with Gasteiger partial charge >= 0.3 is 5.97 Å². The topological polar surface area (TPSA) is 93.6 Å². The van der Waals surface area contributed by atoms with Crippen LogP contribution in [0.15, 0.2) is 0 Å². The third kappa shape index (κ3) is 2.72. The largest absolute Gasteiger partial charge is 0.465 e. The number of aliphatic hydroxyl groups is 1. The van der Waals surface area contributed by atoms with Crippen LogP contribution < -0.4 is 10.6 Å². The summed E-state index contributed by atoms with van der Waals surface area (Å²) in [6, 6.07) is 0. The fraction of sp³-hybridized carbons (Fsp3) is 0.692. The number of ether oxygens (including phenoxy) is 1. The van der Waals surface area contributed by atoms with E-state index in [1.54, 1.807) is 0 Å². The number of esters is 1. The second-order valence-corrected chi connectivity index (χ2v) is 5.22. The number of aliphatic hydroxyl groups excluding tert-OH is 1. The van der Waals surface area contributed by atoms with Crippen molar-refractivity contribution >= 4 is 17.6 Å². The number of hydrogen-bond acceptors (Lipinski definition) is 6. The first-order valence-corrected chi connectivity index (χ1v) is 6.88. The molecular formula is C13H22N4O3. The maximum absolute atomic E-state index is 12.0. The van der Waals surface area contributed by atoms with E-state index in [4.69, 9.17) is 15.6 Å². The number of nitrogens with zero attached hydrogens (tertiary/aromatic N) is 3. The Balaban J connectivity index is 2.39. The SMILES string of the molecule is COC(=O)c1c(N2CCCC(C)C2)nn(CCO)c1N. The lowest BCUT2D eigenvalue weighted by atomic mass is 10.00. The number of nitrogens with two attached hydrogens (primary N) is 1. The highest BCUT2D eigenvalue weighted by atomic mass is 16.5. The van der Waals surface area contributed by atoms with Crippen LogP contribution in [0.4, 0.5) is 11.6 Å². The summed E-state index contributed by atoms with van der Waals surface area (Å²) >= 11 is 0. The van der Waals surface area contributed by atoms with E-state index >= 15 is 0 Å². The van der Waals surface area contributed by atoms with E-state index in [-0.39, 0.29) is 19.0 Å². The van der Waals surface area contributed by atoms with Gasteiger partial charge in [-0.2, -0.15) is 5.10 Å². The van der Waals surface area contributed by atoms with Crippen molar-refractivity contribution in [2.24, 2.45) is 5.92 Å². The van der Waals surface area contributed by atoms with Crippen LogP contribution in [0.25, 0.3) is 0 Å². The fourth-order valence-electron chi connectivity index (χ4n) is 2.63. The van der Waals surface area contributed by atoms with Crippen LogP contribution in [0, 0.1) is 5.92 Å². The van der Waals surface area contributed by atoms with Crippen LogP contribution in [0.3, 0.4) is 0 Å². The van der Waals surface area contributed by atoms with Crippen LogP contribution >= 0.6 is 0 Å². The Bertz CT molecular complexity index is 486. The number of carbonyl (C=O) groups is 1. The summed E-state index contributed by atoms with van der Waals surface area (Å²) in [7, 11) is 1.33. The van der Waals surface area contributed by atoms with Crippen molar-refractivity contribution in [3.8, 4) is 0 Å². The van der Waals surface area contributed by atoms with Gasteiger partial charge in [0.15, 0.2) is 5.82 Å². The molecule has 0 aromatic carbocycles. The Hall–Kier alpha value is -1.76. The Kier molecular flexibility index (Phi) is 4.49. The highest BCUT2D eigenvalue weighted by molar-refractivity contribution is 5.99. The molecule has 1 fully saturated rings. The van der Waals surface area contributed by atoms with Gasteiger partial charge in [-0.1, -0.05) is 6.92 Å². The highest BCUT2D eigenvalue weighted by Gasteiger charge is 2.28. The first-order valence-electron chi connectivity index (χ1n) is 6.88. The van der Waals surface area contributed by atoms with Crippen molar-refractivity contribution in [1.29, 1.82) is 0 Å². The summed E-state index contributed by atoms with van der Waals surface area (Å²) in [5.74, 6) is 0.881. The van der Waals surface area contributed by atoms with Crippen LogP contribution in [0.1, 0.15) is 30.1 Å². The Labute approximate surface area is 118 Å². The molecule has 2 heterocycles. The zero-order chi connectivity index (χ0) is 14.7. The molecule has 1 atom stereocenters. The molecule has 1 aliphatic rings. The minimum atomic E-state index is -0.486.